The van der Waals surface area contributed by atoms with Crippen LogP contribution < -0.4 is 0 Å². The van der Waals surface area contributed by atoms with Gasteiger partial charge in [-0.3, -0.25) is 0 Å². The predicted molar refractivity (Wildman–Crippen MR) is 80.5 cm³/mol. The van der Waals surface area contributed by atoms with Crippen molar-refractivity contribution in [1.29, 1.82) is 0 Å². The first-order valence-corrected chi connectivity index (χ1v) is 8.29. The third-order valence-electron chi connectivity index (χ3n) is 5.77. The lowest BCUT2D eigenvalue weighted by Crippen LogP contribution is -2.26. The van der Waals surface area contributed by atoms with E-state index >= 15 is 0 Å². The van der Waals surface area contributed by atoms with Crippen LogP contribution in [0.1, 0.15) is 72.1 Å². The van der Waals surface area contributed by atoms with Crippen molar-refractivity contribution in [3.8, 4) is 0 Å². The van der Waals surface area contributed by atoms with Gasteiger partial charge in [-0.05, 0) is 55.3 Å². The van der Waals surface area contributed by atoms with Crippen LogP contribution in [0.3, 0.4) is 0 Å². The molecule has 2 rings (SSSR count). The third-order valence-corrected chi connectivity index (χ3v) is 5.77. The van der Waals surface area contributed by atoms with E-state index in [1.807, 2.05) is 0 Å². The molecule has 0 aromatic heterocycles. The second-order valence-corrected chi connectivity index (χ2v) is 7.23. The van der Waals surface area contributed by atoms with Crippen molar-refractivity contribution in [3.05, 3.63) is 12.2 Å². The summed E-state index contributed by atoms with van der Waals surface area (Å²) in [7, 11) is 0. The summed E-state index contributed by atoms with van der Waals surface area (Å²) in [6.45, 7) is 11.6. The molecular formula is C18H32. The molecule has 0 N–H and O–H groups in total. The fourth-order valence-electron chi connectivity index (χ4n) is 4.67. The summed E-state index contributed by atoms with van der Waals surface area (Å²) in [5.41, 5.74) is 1.56. The van der Waals surface area contributed by atoms with Crippen molar-refractivity contribution in [2.75, 3.05) is 0 Å². The molecule has 2 aliphatic rings. The SMILES string of the molecule is C=C1CC(C)CC1CC(CC)C1CCCCC1C. The van der Waals surface area contributed by atoms with Gasteiger partial charge in [0.05, 0.1) is 0 Å². The van der Waals surface area contributed by atoms with Crippen LogP contribution in [0, 0.1) is 29.6 Å². The van der Waals surface area contributed by atoms with E-state index in [4.69, 9.17) is 0 Å². The Morgan fingerprint density at radius 2 is 1.94 bits per heavy atom. The largest absolute Gasteiger partial charge is 0.0996 e. The van der Waals surface area contributed by atoms with Crippen LogP contribution in [0.4, 0.5) is 0 Å². The molecule has 0 radical (unpaired) electrons. The predicted octanol–water partition coefficient (Wildman–Crippen LogP) is 5.83. The van der Waals surface area contributed by atoms with E-state index in [0.29, 0.717) is 0 Å². The highest BCUT2D eigenvalue weighted by atomic mass is 14.4. The normalized spacial score (nSPS) is 38.9. The van der Waals surface area contributed by atoms with E-state index in [9.17, 15) is 0 Å². The van der Waals surface area contributed by atoms with Crippen molar-refractivity contribution in [2.45, 2.75) is 72.1 Å². The Morgan fingerprint density at radius 1 is 1.22 bits per heavy atom. The molecule has 104 valence electrons. The van der Waals surface area contributed by atoms with Crippen LogP contribution in [0.2, 0.25) is 0 Å². The molecule has 2 aliphatic carbocycles. The number of rotatable bonds is 4. The van der Waals surface area contributed by atoms with Crippen LogP contribution in [0.5, 0.6) is 0 Å². The quantitative estimate of drug-likeness (QED) is 0.549. The van der Waals surface area contributed by atoms with Crippen LogP contribution in [-0.2, 0) is 0 Å². The zero-order valence-corrected chi connectivity index (χ0v) is 12.8. The molecular weight excluding hydrogens is 216 g/mol. The van der Waals surface area contributed by atoms with Gasteiger partial charge in [0.2, 0.25) is 0 Å². The average Bonchev–Trinajstić information content (AvgIpc) is 2.66. The Bertz CT molecular complexity index is 278. The van der Waals surface area contributed by atoms with Gasteiger partial charge in [0.15, 0.2) is 0 Å². The first kappa shape index (κ1) is 14.2. The molecule has 0 nitrogen and oxygen atoms in total. The Kier molecular flexibility index (Phi) is 4.92. The van der Waals surface area contributed by atoms with Crippen molar-refractivity contribution < 1.29 is 0 Å². The van der Waals surface area contributed by atoms with Crippen molar-refractivity contribution >= 4 is 0 Å². The molecule has 5 unspecified atom stereocenters. The van der Waals surface area contributed by atoms with Gasteiger partial charge in [-0.1, -0.05) is 58.6 Å². The van der Waals surface area contributed by atoms with E-state index in [1.165, 1.54) is 51.4 Å². The zero-order valence-electron chi connectivity index (χ0n) is 12.8. The molecule has 0 aromatic carbocycles. The Hall–Kier alpha value is -0.260. The van der Waals surface area contributed by atoms with Crippen LogP contribution in [-0.4, -0.2) is 0 Å². The van der Waals surface area contributed by atoms with Gasteiger partial charge in [-0.25, -0.2) is 0 Å². The van der Waals surface area contributed by atoms with E-state index in [-0.39, 0.29) is 0 Å². The molecule has 0 bridgehead atoms. The average molecular weight is 248 g/mol. The lowest BCUT2D eigenvalue weighted by molar-refractivity contribution is 0.150. The summed E-state index contributed by atoms with van der Waals surface area (Å²) in [6, 6.07) is 0. The second-order valence-electron chi connectivity index (χ2n) is 7.23. The Morgan fingerprint density at radius 3 is 2.50 bits per heavy atom. The lowest BCUT2D eigenvalue weighted by Gasteiger charge is -2.36. The summed E-state index contributed by atoms with van der Waals surface area (Å²) in [5.74, 6) is 4.68. The van der Waals surface area contributed by atoms with Gasteiger partial charge in [-0.15, -0.1) is 0 Å². The highest BCUT2D eigenvalue weighted by Crippen LogP contribution is 2.44. The first-order chi connectivity index (χ1) is 8.61. The minimum absolute atomic E-state index is 0.846. The molecule has 2 fully saturated rings. The lowest BCUT2D eigenvalue weighted by atomic mass is 9.69. The van der Waals surface area contributed by atoms with E-state index in [1.54, 1.807) is 5.57 Å². The second kappa shape index (κ2) is 6.26. The molecule has 5 atom stereocenters. The molecule has 0 aromatic rings. The van der Waals surface area contributed by atoms with Gasteiger partial charge in [0, 0.05) is 0 Å². The summed E-state index contributed by atoms with van der Waals surface area (Å²) < 4.78 is 0. The third kappa shape index (κ3) is 3.19. The number of hydrogen-bond donors (Lipinski definition) is 0. The van der Waals surface area contributed by atoms with Crippen LogP contribution in [0.15, 0.2) is 12.2 Å². The maximum Gasteiger partial charge on any atom is -0.0200 e. The van der Waals surface area contributed by atoms with Crippen LogP contribution >= 0.6 is 0 Å². The molecule has 0 heterocycles. The van der Waals surface area contributed by atoms with Gasteiger partial charge >= 0.3 is 0 Å². The molecule has 18 heavy (non-hydrogen) atoms. The monoisotopic (exact) mass is 248 g/mol. The summed E-state index contributed by atoms with van der Waals surface area (Å²) in [4.78, 5) is 0. The summed E-state index contributed by atoms with van der Waals surface area (Å²) in [6.07, 6.45) is 11.5. The maximum atomic E-state index is 4.34. The topological polar surface area (TPSA) is 0 Å². The molecule has 2 saturated carbocycles. The van der Waals surface area contributed by atoms with Crippen molar-refractivity contribution in [1.82, 2.24) is 0 Å². The minimum atomic E-state index is 0.846. The first-order valence-electron chi connectivity index (χ1n) is 8.29. The molecule has 0 heteroatoms. The van der Waals surface area contributed by atoms with Crippen molar-refractivity contribution in [2.24, 2.45) is 29.6 Å². The standard InChI is InChI=1S/C18H32/c1-5-16(18-9-7-6-8-14(18)3)12-17-11-13(2)10-15(17)4/h13-14,16-18H,4-12H2,1-3H3. The van der Waals surface area contributed by atoms with E-state index in [2.05, 4.69) is 27.4 Å². The number of hydrogen-bond acceptors (Lipinski definition) is 0. The van der Waals surface area contributed by atoms with Crippen molar-refractivity contribution in [3.63, 3.8) is 0 Å². The fourth-order valence-corrected chi connectivity index (χ4v) is 4.67. The summed E-state index contributed by atoms with van der Waals surface area (Å²) in [5, 5.41) is 0. The number of allylic oxidation sites excluding steroid dienone is 1. The Balaban J connectivity index is 1.94. The van der Waals surface area contributed by atoms with Gasteiger partial charge in [0.25, 0.3) is 0 Å². The summed E-state index contributed by atoms with van der Waals surface area (Å²) >= 11 is 0. The zero-order chi connectivity index (χ0) is 13.1. The highest BCUT2D eigenvalue weighted by molar-refractivity contribution is 5.08. The molecule has 0 saturated heterocycles. The van der Waals surface area contributed by atoms with Gasteiger partial charge in [0.1, 0.15) is 0 Å². The molecule has 0 amide bonds. The maximum absolute atomic E-state index is 4.34. The van der Waals surface area contributed by atoms with E-state index < -0.39 is 0 Å². The Labute approximate surface area is 114 Å². The minimum Gasteiger partial charge on any atom is -0.0996 e. The fraction of sp³-hybridized carbons (Fsp3) is 0.889. The molecule has 0 spiro atoms. The van der Waals surface area contributed by atoms with Crippen LogP contribution in [0.25, 0.3) is 0 Å². The van der Waals surface area contributed by atoms with E-state index in [0.717, 1.165) is 29.6 Å². The van der Waals surface area contributed by atoms with Gasteiger partial charge in [-0.2, -0.15) is 0 Å². The van der Waals surface area contributed by atoms with Gasteiger partial charge < -0.3 is 0 Å². The smallest absolute Gasteiger partial charge is 0.0200 e. The molecule has 0 aliphatic heterocycles. The highest BCUT2D eigenvalue weighted by Gasteiger charge is 2.32.